The highest BCUT2D eigenvalue weighted by Gasteiger charge is 2.28. The number of hydrogen-bond donors (Lipinski definition) is 1. The number of fused-ring (bicyclic) bond motifs is 1. The number of rotatable bonds is 7. The molecule has 12 heteroatoms. The van der Waals surface area contributed by atoms with Crippen LogP contribution in [0.1, 0.15) is 37.0 Å². The predicted molar refractivity (Wildman–Crippen MR) is 162 cm³/mol. The Hall–Kier alpha value is -4.16. The number of nitrogens with one attached hydrogen (secondary N) is 1. The van der Waals surface area contributed by atoms with Crippen molar-refractivity contribution in [3.63, 3.8) is 0 Å². The minimum Gasteiger partial charge on any atom is -0.494 e. The molecule has 0 atom stereocenters. The molecule has 6 rings (SSSR count). The molecule has 2 fully saturated rings. The molecule has 0 bridgehead atoms. The predicted octanol–water partition coefficient (Wildman–Crippen LogP) is 4.36. The summed E-state index contributed by atoms with van der Waals surface area (Å²) in [5.41, 5.74) is 3.59. The van der Waals surface area contributed by atoms with Crippen LogP contribution in [0.5, 0.6) is 5.75 Å². The van der Waals surface area contributed by atoms with Crippen LogP contribution >= 0.6 is 0 Å². The number of oxazole rings is 1. The first kappa shape index (κ1) is 29.3. The van der Waals surface area contributed by atoms with Crippen molar-refractivity contribution in [1.82, 2.24) is 19.7 Å². The molecule has 0 aliphatic carbocycles. The van der Waals surface area contributed by atoms with Crippen molar-refractivity contribution in [3.05, 3.63) is 42.2 Å². The summed E-state index contributed by atoms with van der Waals surface area (Å²) in [6.07, 6.45) is 5.54. The normalized spacial score (nSPS) is 15.8. The van der Waals surface area contributed by atoms with Gasteiger partial charge < -0.3 is 33.7 Å². The van der Waals surface area contributed by atoms with Crippen LogP contribution in [-0.2, 0) is 16.5 Å². The Labute approximate surface area is 245 Å². The molecule has 0 unspecified atom stereocenters. The Balaban J connectivity index is 0.00000173. The van der Waals surface area contributed by atoms with Gasteiger partial charge in [0.15, 0.2) is 5.58 Å². The second-order valence-electron chi connectivity index (χ2n) is 9.94. The van der Waals surface area contributed by atoms with Gasteiger partial charge in [0.25, 0.3) is 11.9 Å². The van der Waals surface area contributed by atoms with Crippen molar-refractivity contribution in [1.29, 1.82) is 0 Å². The molecule has 12 nitrogen and oxygen atoms in total. The van der Waals surface area contributed by atoms with Crippen LogP contribution in [0.15, 0.2) is 41.1 Å². The minimum atomic E-state index is -0.316. The summed E-state index contributed by atoms with van der Waals surface area (Å²) < 4.78 is 24.6. The number of piperidine rings is 1. The van der Waals surface area contributed by atoms with Gasteiger partial charge in [-0.3, -0.25) is 9.48 Å². The lowest BCUT2D eigenvalue weighted by atomic mass is 10.1. The molecule has 42 heavy (non-hydrogen) atoms. The topological polar surface area (TPSA) is 120 Å². The third-order valence-corrected chi connectivity index (χ3v) is 7.44. The molecule has 3 aromatic heterocycles. The summed E-state index contributed by atoms with van der Waals surface area (Å²) in [5.74, 6) is 0.808. The Morgan fingerprint density at radius 1 is 1.05 bits per heavy atom. The number of para-hydroxylation sites is 1. The molecule has 0 spiro atoms. The molecule has 2 saturated heterocycles. The van der Waals surface area contributed by atoms with Crippen molar-refractivity contribution >= 4 is 34.7 Å². The highest BCUT2D eigenvalue weighted by atomic mass is 16.5. The van der Waals surface area contributed by atoms with Crippen molar-refractivity contribution < 1.29 is 23.4 Å². The fourth-order valence-corrected chi connectivity index (χ4v) is 5.28. The van der Waals surface area contributed by atoms with E-state index in [4.69, 9.17) is 23.6 Å². The summed E-state index contributed by atoms with van der Waals surface area (Å²) in [7, 11) is 5.18. The summed E-state index contributed by atoms with van der Waals surface area (Å²) >= 11 is 0. The molecule has 1 amide bonds. The fourth-order valence-electron chi connectivity index (χ4n) is 5.28. The lowest BCUT2D eigenvalue weighted by molar-refractivity contribution is 0.0817. The zero-order chi connectivity index (χ0) is 29.6. The van der Waals surface area contributed by atoms with Crippen molar-refractivity contribution in [2.24, 2.45) is 7.05 Å². The molecule has 1 aromatic carbocycles. The van der Waals surface area contributed by atoms with E-state index in [1.54, 1.807) is 31.2 Å². The van der Waals surface area contributed by atoms with Gasteiger partial charge in [0.05, 0.1) is 43.9 Å². The highest BCUT2D eigenvalue weighted by molar-refractivity contribution is 6.10. The quantitative estimate of drug-likeness (QED) is 0.339. The number of nitrogens with zero attached hydrogens (tertiary/aromatic N) is 6. The van der Waals surface area contributed by atoms with Gasteiger partial charge in [0, 0.05) is 63.7 Å². The van der Waals surface area contributed by atoms with E-state index in [2.05, 4.69) is 20.3 Å². The maximum Gasteiger partial charge on any atom is 0.300 e. The van der Waals surface area contributed by atoms with Gasteiger partial charge >= 0.3 is 0 Å². The smallest absolute Gasteiger partial charge is 0.300 e. The van der Waals surface area contributed by atoms with Crippen LogP contribution in [0.3, 0.4) is 0 Å². The number of hydrogen-bond acceptors (Lipinski definition) is 10. The molecule has 0 saturated carbocycles. The van der Waals surface area contributed by atoms with E-state index >= 15 is 0 Å². The van der Waals surface area contributed by atoms with E-state index < -0.39 is 0 Å². The van der Waals surface area contributed by atoms with Crippen molar-refractivity contribution in [2.75, 3.05) is 68.7 Å². The highest BCUT2D eigenvalue weighted by Crippen LogP contribution is 2.37. The summed E-state index contributed by atoms with van der Waals surface area (Å²) in [4.78, 5) is 27.6. The SMILES string of the molecule is CC.COc1c(NC(=O)c2cc3oc(N4CCOCC4)nc3nc2N2CCC(OC)CC2)cccc1-c1cnn(C)c1. The van der Waals surface area contributed by atoms with E-state index in [0.717, 1.165) is 24.0 Å². The Kier molecular flexibility index (Phi) is 9.23. The van der Waals surface area contributed by atoms with E-state index in [1.165, 1.54) is 0 Å². The van der Waals surface area contributed by atoms with Crippen LogP contribution in [0.25, 0.3) is 22.4 Å². The lowest BCUT2D eigenvalue weighted by Crippen LogP contribution is -2.38. The largest absolute Gasteiger partial charge is 0.494 e. The number of anilines is 3. The molecular formula is C30H39N7O5. The number of carbonyl (C=O) groups is 1. The average molecular weight is 578 g/mol. The number of methoxy groups -OCH3 is 2. The Bertz CT molecular complexity index is 1500. The summed E-state index contributed by atoms with van der Waals surface area (Å²) in [5, 5.41) is 7.33. The number of amides is 1. The fraction of sp³-hybridized carbons (Fsp3) is 0.467. The van der Waals surface area contributed by atoms with Crippen LogP contribution in [0, 0.1) is 0 Å². The molecule has 4 aromatic rings. The maximum absolute atomic E-state index is 13.9. The summed E-state index contributed by atoms with van der Waals surface area (Å²) in [6, 6.07) is 7.86. The summed E-state index contributed by atoms with van der Waals surface area (Å²) in [6.45, 7) is 8.02. The van der Waals surface area contributed by atoms with E-state index in [1.807, 2.05) is 50.2 Å². The Morgan fingerprint density at radius 2 is 1.81 bits per heavy atom. The van der Waals surface area contributed by atoms with Crippen LogP contribution in [0.2, 0.25) is 0 Å². The first-order chi connectivity index (χ1) is 20.5. The molecule has 0 radical (unpaired) electrons. The third-order valence-electron chi connectivity index (χ3n) is 7.44. The van der Waals surface area contributed by atoms with Crippen LogP contribution in [-0.4, -0.2) is 85.4 Å². The second-order valence-corrected chi connectivity index (χ2v) is 9.94. The number of ether oxygens (including phenoxy) is 3. The van der Waals surface area contributed by atoms with E-state index in [0.29, 0.717) is 79.5 Å². The number of aryl methyl sites for hydroxylation is 1. The number of aromatic nitrogens is 4. The molecule has 5 heterocycles. The average Bonchev–Trinajstić information content (AvgIpc) is 3.67. The first-order valence-electron chi connectivity index (χ1n) is 14.4. The monoisotopic (exact) mass is 577 g/mol. The minimum absolute atomic E-state index is 0.191. The maximum atomic E-state index is 13.9. The van der Waals surface area contributed by atoms with Crippen LogP contribution < -0.4 is 19.9 Å². The van der Waals surface area contributed by atoms with Gasteiger partial charge in [0.1, 0.15) is 11.6 Å². The first-order valence-corrected chi connectivity index (χ1v) is 14.4. The third kappa shape index (κ3) is 6.04. The number of benzene rings is 1. The zero-order valence-corrected chi connectivity index (χ0v) is 24.9. The standard InChI is InChI=1S/C28H33N7O5.C2H6/c1-33-17-18(16-29-33)20-5-4-6-22(24(20)38-3)30-27(36)21-15-23-25(32-28(40-23)35-11-13-39-14-12-35)31-26(21)34-9-7-19(37-2)8-10-34;1-2/h4-6,15-17,19H,7-14H2,1-3H3,(H,30,36);1-2H3. The Morgan fingerprint density at radius 3 is 2.48 bits per heavy atom. The van der Waals surface area contributed by atoms with Gasteiger partial charge in [-0.25, -0.2) is 4.98 Å². The van der Waals surface area contributed by atoms with Gasteiger partial charge in [-0.05, 0) is 18.9 Å². The molecule has 224 valence electrons. The van der Waals surface area contributed by atoms with Crippen LogP contribution in [0.4, 0.5) is 17.5 Å². The van der Waals surface area contributed by atoms with E-state index in [-0.39, 0.29) is 12.0 Å². The second kappa shape index (κ2) is 13.2. The molecule has 2 aliphatic heterocycles. The van der Waals surface area contributed by atoms with Gasteiger partial charge in [0.2, 0.25) is 5.65 Å². The lowest BCUT2D eigenvalue weighted by Gasteiger charge is -2.32. The molecule has 1 N–H and O–H groups in total. The van der Waals surface area contributed by atoms with Gasteiger partial charge in [-0.2, -0.15) is 10.1 Å². The van der Waals surface area contributed by atoms with E-state index in [9.17, 15) is 4.79 Å². The van der Waals surface area contributed by atoms with Gasteiger partial charge in [-0.1, -0.05) is 26.0 Å². The zero-order valence-electron chi connectivity index (χ0n) is 24.9. The number of morpholine rings is 1. The number of pyridine rings is 1. The molecule has 2 aliphatic rings. The van der Waals surface area contributed by atoms with Crippen molar-refractivity contribution in [2.45, 2.75) is 32.8 Å². The molecular weight excluding hydrogens is 538 g/mol. The van der Waals surface area contributed by atoms with Gasteiger partial charge in [-0.15, -0.1) is 0 Å². The van der Waals surface area contributed by atoms with Crippen molar-refractivity contribution in [3.8, 4) is 16.9 Å². The number of carbonyl (C=O) groups excluding carboxylic acids is 1.